The summed E-state index contributed by atoms with van der Waals surface area (Å²) >= 11 is 0. The summed E-state index contributed by atoms with van der Waals surface area (Å²) in [6, 6.07) is 10.9. The Hall–Kier alpha value is -1.57. The Kier molecular flexibility index (Phi) is 6.56. The van der Waals surface area contributed by atoms with Gasteiger partial charge in [-0.3, -0.25) is 0 Å². The molecule has 0 saturated heterocycles. The van der Waals surface area contributed by atoms with Crippen LogP contribution in [-0.2, 0) is 19.4 Å². The highest BCUT2D eigenvalue weighted by Gasteiger charge is 2.23. The van der Waals surface area contributed by atoms with E-state index in [9.17, 15) is 0 Å². The lowest BCUT2D eigenvalue weighted by atomic mass is 9.96. The van der Waals surface area contributed by atoms with Crippen molar-refractivity contribution in [1.82, 2.24) is 15.1 Å². The lowest BCUT2D eigenvalue weighted by molar-refractivity contribution is 0.412. The molecule has 0 radical (unpaired) electrons. The molecule has 5 nitrogen and oxygen atoms in total. The highest BCUT2D eigenvalue weighted by atomic mass is 127. The molecule has 1 aromatic carbocycles. The molecule has 1 aromatic heterocycles. The van der Waals surface area contributed by atoms with Gasteiger partial charge >= 0.3 is 0 Å². The fraction of sp³-hybridized carbons (Fsp3) is 0.500. The van der Waals surface area contributed by atoms with Crippen LogP contribution in [0.4, 0.5) is 0 Å². The van der Waals surface area contributed by atoms with Crippen molar-refractivity contribution >= 4 is 29.9 Å². The van der Waals surface area contributed by atoms with Crippen LogP contribution in [0.1, 0.15) is 55.5 Å². The Morgan fingerprint density at radius 1 is 1.12 bits per heavy atom. The number of hydrogen-bond acceptors (Lipinski definition) is 2. The van der Waals surface area contributed by atoms with Gasteiger partial charge in [-0.2, -0.15) is 5.10 Å². The van der Waals surface area contributed by atoms with E-state index >= 15 is 0 Å². The zero-order chi connectivity index (χ0) is 17.1. The predicted octanol–water partition coefficient (Wildman–Crippen LogP) is 3.72. The third-order valence-corrected chi connectivity index (χ3v) is 5.37. The third-order valence-electron chi connectivity index (χ3n) is 5.37. The average Bonchev–Trinajstić information content (AvgIpc) is 3.24. The normalized spacial score (nSPS) is 17.6. The summed E-state index contributed by atoms with van der Waals surface area (Å²) in [5.74, 6) is 0.563. The maximum Gasteiger partial charge on any atom is 0.189 e. The number of fused-ring (bicyclic) bond motifs is 1. The third kappa shape index (κ3) is 4.22. The van der Waals surface area contributed by atoms with Crippen molar-refractivity contribution in [2.45, 2.75) is 64.0 Å². The monoisotopic (exact) mass is 465 g/mol. The van der Waals surface area contributed by atoms with Crippen LogP contribution in [0.5, 0.6) is 0 Å². The molecule has 0 aliphatic heterocycles. The number of nitrogens with zero attached hydrogens (tertiary/aromatic N) is 3. The minimum absolute atomic E-state index is 0. The Morgan fingerprint density at radius 2 is 1.88 bits per heavy atom. The second kappa shape index (κ2) is 8.88. The number of para-hydroxylation sites is 1. The van der Waals surface area contributed by atoms with Gasteiger partial charge in [-0.15, -0.1) is 24.0 Å². The molecule has 0 amide bonds. The second-order valence-corrected chi connectivity index (χ2v) is 7.15. The molecule has 26 heavy (non-hydrogen) atoms. The molecule has 2 aromatic rings. The summed E-state index contributed by atoms with van der Waals surface area (Å²) in [5.41, 5.74) is 11.0. The maximum atomic E-state index is 6.12. The van der Waals surface area contributed by atoms with E-state index in [1.807, 2.05) is 6.07 Å². The van der Waals surface area contributed by atoms with Crippen LogP contribution >= 0.6 is 24.0 Å². The summed E-state index contributed by atoms with van der Waals surface area (Å²) in [6.45, 7) is 0.563. The molecule has 3 N–H and O–H groups in total. The molecule has 1 heterocycles. The standard InChI is InChI=1S/C20H27N5.HI/c21-20(23-15-8-3-1-4-9-15)22-14-18-17-12-7-13-19(17)25(24-18)16-10-5-2-6-11-16;/h2,5-6,10-11,15H,1,3-4,7-9,12-14H2,(H3,21,22,23);1H. The molecule has 0 spiro atoms. The van der Waals surface area contributed by atoms with Crippen molar-refractivity contribution < 1.29 is 0 Å². The predicted molar refractivity (Wildman–Crippen MR) is 116 cm³/mol. The van der Waals surface area contributed by atoms with Gasteiger partial charge in [0, 0.05) is 11.7 Å². The average molecular weight is 465 g/mol. The Morgan fingerprint density at radius 3 is 2.65 bits per heavy atom. The van der Waals surface area contributed by atoms with Gasteiger partial charge in [0.05, 0.1) is 17.9 Å². The number of rotatable bonds is 4. The van der Waals surface area contributed by atoms with E-state index in [-0.39, 0.29) is 24.0 Å². The molecule has 1 fully saturated rings. The molecule has 0 bridgehead atoms. The molecule has 140 valence electrons. The van der Waals surface area contributed by atoms with Crippen molar-refractivity contribution in [1.29, 1.82) is 0 Å². The first-order valence-electron chi connectivity index (χ1n) is 9.53. The SMILES string of the molecule is I.NC(=NCc1nn(-c2ccccc2)c2c1CCC2)NC1CCCCC1. The van der Waals surface area contributed by atoms with Crippen LogP contribution in [0.15, 0.2) is 35.3 Å². The fourth-order valence-electron chi connectivity index (χ4n) is 4.09. The van der Waals surface area contributed by atoms with Crippen LogP contribution < -0.4 is 11.1 Å². The van der Waals surface area contributed by atoms with Gasteiger partial charge in [0.25, 0.3) is 0 Å². The Balaban J connectivity index is 0.00000196. The largest absolute Gasteiger partial charge is 0.370 e. The number of guanidine groups is 1. The van der Waals surface area contributed by atoms with Gasteiger partial charge in [-0.05, 0) is 49.8 Å². The van der Waals surface area contributed by atoms with Crippen LogP contribution in [0.3, 0.4) is 0 Å². The first-order valence-corrected chi connectivity index (χ1v) is 9.53. The van der Waals surface area contributed by atoms with E-state index in [1.165, 1.54) is 49.8 Å². The van der Waals surface area contributed by atoms with Gasteiger partial charge in [-0.1, -0.05) is 37.5 Å². The molecular weight excluding hydrogens is 437 g/mol. The second-order valence-electron chi connectivity index (χ2n) is 7.15. The first-order chi connectivity index (χ1) is 12.3. The maximum absolute atomic E-state index is 6.12. The number of nitrogens with two attached hydrogens (primary N) is 1. The van der Waals surface area contributed by atoms with Crippen LogP contribution in [0.2, 0.25) is 0 Å². The summed E-state index contributed by atoms with van der Waals surface area (Å²) in [5, 5.41) is 8.24. The molecule has 0 unspecified atom stereocenters. The van der Waals surface area contributed by atoms with Crippen LogP contribution in [0.25, 0.3) is 5.69 Å². The zero-order valence-electron chi connectivity index (χ0n) is 15.2. The van der Waals surface area contributed by atoms with E-state index < -0.39 is 0 Å². The topological polar surface area (TPSA) is 68.2 Å². The molecule has 4 rings (SSSR count). The van der Waals surface area contributed by atoms with E-state index in [1.54, 1.807) is 0 Å². The summed E-state index contributed by atoms with van der Waals surface area (Å²) in [6.07, 6.45) is 9.73. The van der Waals surface area contributed by atoms with Crippen LogP contribution in [-0.4, -0.2) is 21.8 Å². The van der Waals surface area contributed by atoms with E-state index in [0.717, 1.165) is 24.2 Å². The quantitative estimate of drug-likeness (QED) is 0.411. The minimum Gasteiger partial charge on any atom is -0.370 e. The number of aliphatic imine (C=N–C) groups is 1. The molecule has 2 aliphatic carbocycles. The smallest absolute Gasteiger partial charge is 0.189 e. The number of nitrogens with one attached hydrogen (secondary N) is 1. The zero-order valence-corrected chi connectivity index (χ0v) is 17.5. The first kappa shape index (κ1) is 19.2. The number of aromatic nitrogens is 2. The van der Waals surface area contributed by atoms with Crippen molar-refractivity contribution in [3.05, 3.63) is 47.3 Å². The number of hydrogen-bond donors (Lipinski definition) is 2. The van der Waals surface area contributed by atoms with Crippen molar-refractivity contribution in [3.63, 3.8) is 0 Å². The molecule has 2 aliphatic rings. The van der Waals surface area contributed by atoms with Gasteiger partial charge in [0.15, 0.2) is 5.96 Å². The highest BCUT2D eigenvalue weighted by molar-refractivity contribution is 14.0. The molecule has 0 atom stereocenters. The van der Waals surface area contributed by atoms with Gasteiger partial charge < -0.3 is 11.1 Å². The summed E-state index contributed by atoms with van der Waals surface area (Å²) in [7, 11) is 0. The van der Waals surface area contributed by atoms with Gasteiger partial charge in [-0.25, -0.2) is 9.67 Å². The van der Waals surface area contributed by atoms with E-state index in [2.05, 4.69) is 39.3 Å². The summed E-state index contributed by atoms with van der Waals surface area (Å²) in [4.78, 5) is 4.58. The van der Waals surface area contributed by atoms with Crippen molar-refractivity contribution in [2.24, 2.45) is 10.7 Å². The Bertz CT molecular complexity index is 747. The molecule has 1 saturated carbocycles. The van der Waals surface area contributed by atoms with E-state index in [0.29, 0.717) is 18.5 Å². The Labute approximate surface area is 172 Å². The molecule has 6 heteroatoms. The van der Waals surface area contributed by atoms with Gasteiger partial charge in [0.2, 0.25) is 0 Å². The van der Waals surface area contributed by atoms with Gasteiger partial charge in [0.1, 0.15) is 0 Å². The van der Waals surface area contributed by atoms with Crippen LogP contribution in [0, 0.1) is 0 Å². The van der Waals surface area contributed by atoms with Crippen molar-refractivity contribution in [3.8, 4) is 5.69 Å². The fourth-order valence-corrected chi connectivity index (χ4v) is 4.09. The lowest BCUT2D eigenvalue weighted by Gasteiger charge is -2.23. The number of halogens is 1. The van der Waals surface area contributed by atoms with Crippen molar-refractivity contribution in [2.75, 3.05) is 0 Å². The lowest BCUT2D eigenvalue weighted by Crippen LogP contribution is -2.41. The number of benzene rings is 1. The summed E-state index contributed by atoms with van der Waals surface area (Å²) < 4.78 is 2.10. The highest BCUT2D eigenvalue weighted by Crippen LogP contribution is 2.28. The molecular formula is C20H28IN5. The van der Waals surface area contributed by atoms with E-state index in [4.69, 9.17) is 10.8 Å². The minimum atomic E-state index is 0.